The quantitative estimate of drug-likeness (QED) is 0.746. The van der Waals surface area contributed by atoms with Gasteiger partial charge in [0.25, 0.3) is 5.91 Å². The Bertz CT molecular complexity index is 896. The van der Waals surface area contributed by atoms with E-state index < -0.39 is 0 Å². The summed E-state index contributed by atoms with van der Waals surface area (Å²) < 4.78 is 1.88. The Morgan fingerprint density at radius 3 is 2.50 bits per heavy atom. The van der Waals surface area contributed by atoms with E-state index in [0.717, 1.165) is 22.6 Å². The fourth-order valence-corrected chi connectivity index (χ4v) is 3.20. The number of amides is 1. The van der Waals surface area contributed by atoms with Crippen molar-refractivity contribution in [1.29, 1.82) is 0 Å². The summed E-state index contributed by atoms with van der Waals surface area (Å²) in [5.41, 5.74) is 3.17. The van der Waals surface area contributed by atoms with Crippen molar-refractivity contribution in [2.45, 2.75) is 53.1 Å². The van der Waals surface area contributed by atoms with Gasteiger partial charge in [0, 0.05) is 5.69 Å². The molecule has 0 fully saturated rings. The van der Waals surface area contributed by atoms with E-state index in [4.69, 9.17) is 0 Å². The summed E-state index contributed by atoms with van der Waals surface area (Å²) in [6, 6.07) is 7.68. The molecule has 3 rings (SSSR count). The first kappa shape index (κ1) is 18.2. The van der Waals surface area contributed by atoms with E-state index >= 15 is 0 Å². The maximum absolute atomic E-state index is 12.9. The van der Waals surface area contributed by atoms with Crippen LogP contribution in [-0.2, 0) is 5.54 Å². The molecule has 0 bridgehead atoms. The zero-order chi connectivity index (χ0) is 19.1. The van der Waals surface area contributed by atoms with Crippen molar-refractivity contribution in [3.63, 3.8) is 0 Å². The molecule has 0 aliphatic rings. The molecule has 0 spiro atoms. The zero-order valence-corrected chi connectivity index (χ0v) is 16.3. The number of fused-ring (bicyclic) bond motifs is 1. The number of aromatic nitrogens is 4. The summed E-state index contributed by atoms with van der Waals surface area (Å²) in [7, 11) is 0. The van der Waals surface area contributed by atoms with Crippen LogP contribution in [0.1, 0.15) is 62.5 Å². The summed E-state index contributed by atoms with van der Waals surface area (Å²) in [5, 5.41) is 7.53. The fourth-order valence-electron chi connectivity index (χ4n) is 3.20. The number of nitrogens with zero attached hydrogens (tertiary/aromatic N) is 3. The standard InChI is InChI=1S/C20H27N5O/c1-12(2)17(18-22-15-9-7-8-10-16(15)23-18)24-19(26)14-11-21-25(13(14)3)20(4,5)6/h7-12,17H,1-6H3,(H,22,23)(H,24,26). The lowest BCUT2D eigenvalue weighted by atomic mass is 10.0. The van der Waals surface area contributed by atoms with E-state index in [1.165, 1.54) is 0 Å². The number of carbonyl (C=O) groups excluding carboxylic acids is 1. The molecule has 6 heteroatoms. The molecule has 2 N–H and O–H groups in total. The van der Waals surface area contributed by atoms with Crippen molar-refractivity contribution < 1.29 is 4.79 Å². The summed E-state index contributed by atoms with van der Waals surface area (Å²) in [4.78, 5) is 20.9. The van der Waals surface area contributed by atoms with Gasteiger partial charge in [-0.2, -0.15) is 5.10 Å². The first-order valence-electron chi connectivity index (χ1n) is 8.99. The van der Waals surface area contributed by atoms with Gasteiger partial charge >= 0.3 is 0 Å². The maximum Gasteiger partial charge on any atom is 0.255 e. The van der Waals surface area contributed by atoms with Gasteiger partial charge in [-0.15, -0.1) is 0 Å². The van der Waals surface area contributed by atoms with Crippen LogP contribution in [0.5, 0.6) is 0 Å². The van der Waals surface area contributed by atoms with E-state index in [0.29, 0.717) is 5.56 Å². The minimum Gasteiger partial charge on any atom is -0.342 e. The van der Waals surface area contributed by atoms with Gasteiger partial charge in [-0.25, -0.2) is 4.98 Å². The van der Waals surface area contributed by atoms with E-state index in [9.17, 15) is 4.79 Å². The highest BCUT2D eigenvalue weighted by molar-refractivity contribution is 5.95. The number of hydrogen-bond acceptors (Lipinski definition) is 3. The summed E-state index contributed by atoms with van der Waals surface area (Å²) in [6.45, 7) is 12.3. The van der Waals surface area contributed by atoms with Crippen LogP contribution >= 0.6 is 0 Å². The highest BCUT2D eigenvalue weighted by Gasteiger charge is 2.26. The Morgan fingerprint density at radius 1 is 1.23 bits per heavy atom. The number of benzene rings is 1. The number of aromatic amines is 1. The Labute approximate surface area is 154 Å². The maximum atomic E-state index is 12.9. The van der Waals surface area contributed by atoms with Gasteiger partial charge in [0.05, 0.1) is 34.4 Å². The Balaban J connectivity index is 1.89. The van der Waals surface area contributed by atoms with Crippen molar-refractivity contribution in [2.75, 3.05) is 0 Å². The molecule has 0 saturated heterocycles. The molecular weight excluding hydrogens is 326 g/mol. The Kier molecular flexibility index (Phi) is 4.61. The van der Waals surface area contributed by atoms with Crippen LogP contribution in [0, 0.1) is 12.8 Å². The SMILES string of the molecule is Cc1c(C(=O)NC(c2nc3ccccc3[nH]2)C(C)C)cnn1C(C)(C)C. The van der Waals surface area contributed by atoms with Gasteiger partial charge in [0.15, 0.2) is 0 Å². The fraction of sp³-hybridized carbons (Fsp3) is 0.450. The van der Waals surface area contributed by atoms with Gasteiger partial charge in [-0.3, -0.25) is 9.48 Å². The van der Waals surface area contributed by atoms with Crippen LogP contribution in [0.25, 0.3) is 11.0 Å². The van der Waals surface area contributed by atoms with Crippen molar-refractivity contribution in [2.24, 2.45) is 5.92 Å². The van der Waals surface area contributed by atoms with E-state index in [-0.39, 0.29) is 23.4 Å². The number of para-hydroxylation sites is 2. The second kappa shape index (κ2) is 6.59. The minimum absolute atomic E-state index is 0.128. The van der Waals surface area contributed by atoms with Gasteiger partial charge in [-0.05, 0) is 45.7 Å². The van der Waals surface area contributed by atoms with E-state index in [1.807, 2.05) is 35.9 Å². The summed E-state index contributed by atoms with van der Waals surface area (Å²) in [5.74, 6) is 0.838. The second-order valence-corrected chi connectivity index (χ2v) is 8.06. The molecule has 2 heterocycles. The number of rotatable bonds is 4. The van der Waals surface area contributed by atoms with Gasteiger partial charge in [0.1, 0.15) is 5.82 Å². The largest absolute Gasteiger partial charge is 0.342 e. The third-order valence-corrected chi connectivity index (χ3v) is 4.55. The van der Waals surface area contributed by atoms with E-state index in [1.54, 1.807) is 6.20 Å². The van der Waals surface area contributed by atoms with E-state index in [2.05, 4.69) is 55.0 Å². The Morgan fingerprint density at radius 2 is 1.92 bits per heavy atom. The molecular formula is C20H27N5O. The lowest BCUT2D eigenvalue weighted by Crippen LogP contribution is -2.33. The van der Waals surface area contributed by atoms with Crippen molar-refractivity contribution >= 4 is 16.9 Å². The molecule has 0 aliphatic carbocycles. The van der Waals surface area contributed by atoms with Crippen LogP contribution in [0.4, 0.5) is 0 Å². The van der Waals surface area contributed by atoms with Gasteiger partial charge in [0.2, 0.25) is 0 Å². The number of carbonyl (C=O) groups is 1. The van der Waals surface area contributed by atoms with Crippen LogP contribution in [0.15, 0.2) is 30.5 Å². The molecule has 3 aromatic rings. The lowest BCUT2D eigenvalue weighted by Gasteiger charge is -2.22. The second-order valence-electron chi connectivity index (χ2n) is 8.06. The Hall–Kier alpha value is -2.63. The van der Waals surface area contributed by atoms with Gasteiger partial charge in [-0.1, -0.05) is 26.0 Å². The third kappa shape index (κ3) is 3.36. The molecule has 0 saturated carbocycles. The summed E-state index contributed by atoms with van der Waals surface area (Å²) >= 11 is 0. The number of nitrogens with one attached hydrogen (secondary N) is 2. The monoisotopic (exact) mass is 353 g/mol. The highest BCUT2D eigenvalue weighted by Crippen LogP contribution is 2.24. The molecule has 1 unspecified atom stereocenters. The highest BCUT2D eigenvalue weighted by atomic mass is 16.1. The molecule has 1 amide bonds. The molecule has 1 atom stereocenters. The molecule has 26 heavy (non-hydrogen) atoms. The molecule has 138 valence electrons. The number of H-pyrrole nitrogens is 1. The zero-order valence-electron chi connectivity index (χ0n) is 16.3. The number of hydrogen-bond donors (Lipinski definition) is 2. The molecule has 6 nitrogen and oxygen atoms in total. The molecule has 2 aromatic heterocycles. The van der Waals surface area contributed by atoms with Crippen LogP contribution in [0.2, 0.25) is 0 Å². The predicted octanol–water partition coefficient (Wildman–Crippen LogP) is 3.95. The van der Waals surface area contributed by atoms with Crippen molar-refractivity contribution in [3.05, 3.63) is 47.5 Å². The van der Waals surface area contributed by atoms with Crippen LogP contribution in [0.3, 0.4) is 0 Å². The van der Waals surface area contributed by atoms with Crippen LogP contribution < -0.4 is 5.32 Å². The predicted molar refractivity (Wildman–Crippen MR) is 103 cm³/mol. The van der Waals surface area contributed by atoms with Crippen LogP contribution in [-0.4, -0.2) is 25.7 Å². The lowest BCUT2D eigenvalue weighted by molar-refractivity contribution is 0.0922. The smallest absolute Gasteiger partial charge is 0.255 e. The normalized spacial score (nSPS) is 13.3. The van der Waals surface area contributed by atoms with Crippen molar-refractivity contribution in [3.8, 4) is 0 Å². The molecule has 1 aromatic carbocycles. The van der Waals surface area contributed by atoms with Crippen molar-refractivity contribution in [1.82, 2.24) is 25.1 Å². The average molecular weight is 353 g/mol. The first-order valence-corrected chi connectivity index (χ1v) is 8.99. The molecule has 0 radical (unpaired) electrons. The molecule has 0 aliphatic heterocycles. The average Bonchev–Trinajstić information content (AvgIpc) is 3.14. The van der Waals surface area contributed by atoms with Gasteiger partial charge < -0.3 is 10.3 Å². The number of imidazole rings is 1. The first-order chi connectivity index (χ1) is 12.2. The summed E-state index contributed by atoms with van der Waals surface area (Å²) in [6.07, 6.45) is 1.64. The minimum atomic E-state index is -0.202. The third-order valence-electron chi connectivity index (χ3n) is 4.55. The topological polar surface area (TPSA) is 75.6 Å².